The lowest BCUT2D eigenvalue weighted by Gasteiger charge is -2.30. The molecule has 1 N–H and O–H groups in total. The molecule has 0 aliphatic carbocycles. The highest BCUT2D eigenvalue weighted by atomic mass is 79.9. The molecule has 0 radical (unpaired) electrons. The Bertz CT molecular complexity index is 1210. The Morgan fingerprint density at radius 1 is 0.939 bits per heavy atom. The monoisotopic (exact) mass is 530 g/mol. The number of sulfonamides is 1. The van der Waals surface area contributed by atoms with Crippen molar-refractivity contribution in [2.45, 2.75) is 63.8 Å². The summed E-state index contributed by atoms with van der Waals surface area (Å²) in [5.41, 5.74) is 2.21. The van der Waals surface area contributed by atoms with Crippen LogP contribution in [0, 0.1) is 0 Å². The van der Waals surface area contributed by atoms with Gasteiger partial charge in [0.1, 0.15) is 5.75 Å². The van der Waals surface area contributed by atoms with E-state index in [0.29, 0.717) is 10.2 Å². The second-order valence-corrected chi connectivity index (χ2v) is 13.0. The molecule has 0 saturated heterocycles. The third-order valence-electron chi connectivity index (χ3n) is 5.43. The molecule has 0 spiro atoms. The van der Waals surface area contributed by atoms with Crippen LogP contribution in [-0.2, 0) is 27.4 Å². The van der Waals surface area contributed by atoms with E-state index in [0.717, 1.165) is 16.7 Å². The van der Waals surface area contributed by atoms with Gasteiger partial charge in [-0.3, -0.25) is 9.29 Å². The summed E-state index contributed by atoms with van der Waals surface area (Å²) in [6, 6.07) is 13.9. The predicted molar refractivity (Wildman–Crippen MR) is 137 cm³/mol. The van der Waals surface area contributed by atoms with Gasteiger partial charge in [-0.25, -0.2) is 8.42 Å². The third kappa shape index (κ3) is 5.58. The molecule has 2 aromatic carbocycles. The maximum atomic E-state index is 13.7. The van der Waals surface area contributed by atoms with Gasteiger partial charge >= 0.3 is 0 Å². The molecule has 176 valence electrons. The maximum Gasteiger partial charge on any atom is 0.264 e. The summed E-state index contributed by atoms with van der Waals surface area (Å²) in [5, 5.41) is 11.1. The van der Waals surface area contributed by atoms with Gasteiger partial charge in [0.05, 0.1) is 23.3 Å². The van der Waals surface area contributed by atoms with E-state index in [-0.39, 0.29) is 28.0 Å². The lowest BCUT2D eigenvalue weighted by Crippen LogP contribution is -2.31. The highest BCUT2D eigenvalue weighted by molar-refractivity contribution is 9.10. The summed E-state index contributed by atoms with van der Waals surface area (Å²) in [5.74, 6) is 0.265. The van der Waals surface area contributed by atoms with E-state index in [1.54, 1.807) is 48.8 Å². The summed E-state index contributed by atoms with van der Waals surface area (Å²) in [7, 11) is -3.88. The SMILES string of the molecule is CC(C)(C)c1cc(CN(c2cccnc2)S(=O)(=O)c2cccc(Br)c2)cc(C(C)(C)C)c1O. The standard InChI is InChI=1S/C26H31BrN2O3S/c1-25(2,3)22-13-18(14-23(24(22)30)26(4,5)6)17-29(20-10-8-12-28-16-20)33(31,32)21-11-7-9-19(27)15-21/h7-16,30H,17H2,1-6H3. The number of pyridine rings is 1. The molecule has 0 bridgehead atoms. The molecule has 1 heterocycles. The number of benzene rings is 2. The molecular formula is C26H31BrN2O3S. The highest BCUT2D eigenvalue weighted by Gasteiger charge is 2.30. The fourth-order valence-electron chi connectivity index (χ4n) is 3.67. The first kappa shape index (κ1) is 25.2. The molecule has 0 saturated carbocycles. The Morgan fingerprint density at radius 2 is 1.55 bits per heavy atom. The zero-order valence-corrected chi connectivity index (χ0v) is 22.3. The normalized spacial score (nSPS) is 12.6. The average molecular weight is 532 g/mol. The Labute approximate surface area is 205 Å². The molecule has 33 heavy (non-hydrogen) atoms. The van der Waals surface area contributed by atoms with E-state index in [2.05, 4.69) is 20.9 Å². The lowest BCUT2D eigenvalue weighted by molar-refractivity contribution is 0.422. The molecule has 0 fully saturated rings. The molecule has 0 unspecified atom stereocenters. The van der Waals surface area contributed by atoms with Crippen molar-refractivity contribution in [3.05, 3.63) is 82.1 Å². The molecule has 3 rings (SSSR count). The van der Waals surface area contributed by atoms with Gasteiger partial charge in [-0.15, -0.1) is 0 Å². The van der Waals surface area contributed by atoms with Crippen molar-refractivity contribution in [3.63, 3.8) is 0 Å². The third-order valence-corrected chi connectivity index (χ3v) is 7.69. The number of nitrogens with zero attached hydrogens (tertiary/aromatic N) is 2. The molecule has 3 aromatic rings. The average Bonchev–Trinajstić information content (AvgIpc) is 2.71. The topological polar surface area (TPSA) is 70.5 Å². The van der Waals surface area contributed by atoms with Crippen molar-refractivity contribution in [2.24, 2.45) is 0 Å². The van der Waals surface area contributed by atoms with Crippen molar-refractivity contribution < 1.29 is 13.5 Å². The quantitative estimate of drug-likeness (QED) is 0.406. The molecule has 5 nitrogen and oxygen atoms in total. The first-order valence-electron chi connectivity index (χ1n) is 10.8. The molecule has 0 atom stereocenters. The molecule has 0 aliphatic heterocycles. The van der Waals surface area contributed by atoms with Crippen LogP contribution in [0.3, 0.4) is 0 Å². The van der Waals surface area contributed by atoms with Crippen molar-refractivity contribution in [1.82, 2.24) is 4.98 Å². The van der Waals surface area contributed by atoms with Crippen LogP contribution >= 0.6 is 15.9 Å². The first-order valence-corrected chi connectivity index (χ1v) is 13.0. The van der Waals surface area contributed by atoms with Crippen LogP contribution in [0.2, 0.25) is 0 Å². The van der Waals surface area contributed by atoms with E-state index < -0.39 is 10.0 Å². The van der Waals surface area contributed by atoms with E-state index in [4.69, 9.17) is 0 Å². The minimum absolute atomic E-state index is 0.104. The summed E-state index contributed by atoms with van der Waals surface area (Å²) in [6.45, 7) is 12.3. The Kier molecular flexibility index (Phi) is 6.97. The van der Waals surface area contributed by atoms with Crippen LogP contribution in [0.1, 0.15) is 58.2 Å². The minimum Gasteiger partial charge on any atom is -0.507 e. The van der Waals surface area contributed by atoms with Gasteiger partial charge in [0.15, 0.2) is 0 Å². The van der Waals surface area contributed by atoms with Crippen molar-refractivity contribution in [3.8, 4) is 5.75 Å². The molecule has 1 aromatic heterocycles. The number of rotatable bonds is 5. The smallest absolute Gasteiger partial charge is 0.264 e. The molecule has 7 heteroatoms. The molecular weight excluding hydrogens is 500 g/mol. The number of aromatic nitrogens is 1. The highest BCUT2D eigenvalue weighted by Crippen LogP contribution is 2.40. The van der Waals surface area contributed by atoms with Crippen molar-refractivity contribution in [2.75, 3.05) is 4.31 Å². The van der Waals surface area contributed by atoms with Crippen molar-refractivity contribution in [1.29, 1.82) is 0 Å². The fraction of sp³-hybridized carbons (Fsp3) is 0.346. The van der Waals surface area contributed by atoms with Crippen LogP contribution in [0.4, 0.5) is 5.69 Å². The Hall–Kier alpha value is -2.38. The van der Waals surface area contributed by atoms with Gasteiger partial charge in [-0.1, -0.05) is 63.5 Å². The van der Waals surface area contributed by atoms with Gasteiger partial charge in [0.25, 0.3) is 10.0 Å². The number of anilines is 1. The zero-order valence-electron chi connectivity index (χ0n) is 19.9. The Morgan fingerprint density at radius 3 is 2.03 bits per heavy atom. The number of phenols is 1. The summed E-state index contributed by atoms with van der Waals surface area (Å²) in [6.07, 6.45) is 3.16. The van der Waals surface area contributed by atoms with Crippen LogP contribution in [0.25, 0.3) is 0 Å². The van der Waals surface area contributed by atoms with E-state index >= 15 is 0 Å². The van der Waals surface area contributed by atoms with E-state index in [1.165, 1.54) is 4.31 Å². The number of aromatic hydroxyl groups is 1. The van der Waals surface area contributed by atoms with Crippen LogP contribution < -0.4 is 4.31 Å². The summed E-state index contributed by atoms with van der Waals surface area (Å²) >= 11 is 3.37. The molecule has 0 amide bonds. The van der Waals surface area contributed by atoms with Crippen LogP contribution in [-0.4, -0.2) is 18.5 Å². The van der Waals surface area contributed by atoms with Crippen molar-refractivity contribution >= 4 is 31.6 Å². The predicted octanol–water partition coefficient (Wildman–Crippen LogP) is 6.54. The summed E-state index contributed by atoms with van der Waals surface area (Å²) < 4.78 is 29.5. The minimum atomic E-state index is -3.88. The second kappa shape index (κ2) is 9.11. The number of hydrogen-bond donors (Lipinski definition) is 1. The van der Waals surface area contributed by atoms with E-state index in [1.807, 2.05) is 53.7 Å². The van der Waals surface area contributed by atoms with Gasteiger partial charge < -0.3 is 5.11 Å². The van der Waals surface area contributed by atoms with Crippen LogP contribution in [0.5, 0.6) is 5.75 Å². The van der Waals surface area contributed by atoms with Crippen LogP contribution in [0.15, 0.2) is 70.3 Å². The number of halogens is 1. The Balaban J connectivity index is 2.21. The maximum absolute atomic E-state index is 13.7. The lowest BCUT2D eigenvalue weighted by atomic mass is 9.78. The number of phenolic OH excluding ortho intramolecular Hbond substituents is 1. The fourth-order valence-corrected chi connectivity index (χ4v) is 5.70. The van der Waals surface area contributed by atoms with Gasteiger partial charge in [0, 0.05) is 10.7 Å². The largest absolute Gasteiger partial charge is 0.507 e. The second-order valence-electron chi connectivity index (χ2n) is 10.2. The van der Waals surface area contributed by atoms with E-state index in [9.17, 15) is 13.5 Å². The zero-order chi connectivity index (χ0) is 24.6. The first-order chi connectivity index (χ1) is 15.2. The molecule has 0 aliphatic rings. The number of hydrogen-bond acceptors (Lipinski definition) is 4. The van der Waals surface area contributed by atoms with Gasteiger partial charge in [-0.2, -0.15) is 0 Å². The van der Waals surface area contributed by atoms with Gasteiger partial charge in [-0.05, 0) is 70.0 Å². The summed E-state index contributed by atoms with van der Waals surface area (Å²) in [4.78, 5) is 4.33. The van der Waals surface area contributed by atoms with Gasteiger partial charge in [0.2, 0.25) is 0 Å².